The zero-order chi connectivity index (χ0) is 14.3. The molecule has 1 unspecified atom stereocenters. The van der Waals surface area contributed by atoms with Gasteiger partial charge < -0.3 is 15.8 Å². The van der Waals surface area contributed by atoms with Crippen molar-refractivity contribution in [2.75, 3.05) is 19.0 Å². The molecule has 0 heterocycles. The first-order chi connectivity index (χ1) is 9.08. The van der Waals surface area contributed by atoms with Crippen LogP contribution in [0.4, 0.5) is 5.69 Å². The van der Waals surface area contributed by atoms with E-state index in [2.05, 4.69) is 19.2 Å². The molecule has 0 fully saturated rings. The van der Waals surface area contributed by atoms with Crippen LogP contribution < -0.4 is 11.1 Å². The summed E-state index contributed by atoms with van der Waals surface area (Å²) in [6.45, 7) is 5.04. The lowest BCUT2D eigenvalue weighted by atomic mass is 9.96. The second kappa shape index (κ2) is 7.92. The van der Waals surface area contributed by atoms with Crippen LogP contribution in [-0.4, -0.2) is 19.6 Å². The second-order valence-electron chi connectivity index (χ2n) is 5.14. The monoisotopic (exact) mass is 264 g/mol. The Morgan fingerprint density at radius 3 is 2.63 bits per heavy atom. The zero-order valence-corrected chi connectivity index (χ0v) is 12.0. The van der Waals surface area contributed by atoms with Gasteiger partial charge in [0.25, 0.3) is 0 Å². The minimum atomic E-state index is -0.143. The van der Waals surface area contributed by atoms with Crippen molar-refractivity contribution in [3.63, 3.8) is 0 Å². The molecule has 106 valence electrons. The third-order valence-corrected chi connectivity index (χ3v) is 2.99. The molecular weight excluding hydrogens is 240 g/mol. The van der Waals surface area contributed by atoms with Crippen molar-refractivity contribution in [1.29, 1.82) is 0 Å². The van der Waals surface area contributed by atoms with Crippen molar-refractivity contribution in [3.05, 3.63) is 29.8 Å². The first-order valence-electron chi connectivity index (χ1n) is 6.66. The molecule has 0 saturated carbocycles. The van der Waals surface area contributed by atoms with Crippen LogP contribution in [0.2, 0.25) is 0 Å². The number of rotatable bonds is 7. The van der Waals surface area contributed by atoms with Gasteiger partial charge in [-0.05, 0) is 18.4 Å². The molecule has 0 aliphatic heterocycles. The Bertz CT molecular complexity index is 405. The summed E-state index contributed by atoms with van der Waals surface area (Å²) in [5.41, 5.74) is 7.46. The number of para-hydroxylation sites is 1. The maximum absolute atomic E-state index is 12.2. The van der Waals surface area contributed by atoms with E-state index in [1.165, 1.54) is 0 Å². The lowest BCUT2D eigenvalue weighted by molar-refractivity contribution is -0.120. The van der Waals surface area contributed by atoms with Gasteiger partial charge in [-0.3, -0.25) is 4.79 Å². The molecule has 1 aromatic carbocycles. The van der Waals surface area contributed by atoms with Gasteiger partial charge in [0.05, 0.1) is 12.5 Å². The van der Waals surface area contributed by atoms with E-state index in [4.69, 9.17) is 10.5 Å². The van der Waals surface area contributed by atoms with Crippen molar-refractivity contribution in [1.82, 2.24) is 0 Å². The molecule has 19 heavy (non-hydrogen) atoms. The topological polar surface area (TPSA) is 64.3 Å². The van der Waals surface area contributed by atoms with E-state index in [0.29, 0.717) is 19.1 Å². The summed E-state index contributed by atoms with van der Waals surface area (Å²) in [6, 6.07) is 7.65. The summed E-state index contributed by atoms with van der Waals surface area (Å²) in [5, 5.41) is 2.95. The van der Waals surface area contributed by atoms with Gasteiger partial charge in [0.15, 0.2) is 0 Å². The van der Waals surface area contributed by atoms with Crippen molar-refractivity contribution < 1.29 is 9.53 Å². The minimum absolute atomic E-state index is 0.0141. The fourth-order valence-corrected chi connectivity index (χ4v) is 2.04. The molecule has 3 N–H and O–H groups in total. The highest BCUT2D eigenvalue weighted by molar-refractivity contribution is 5.93. The number of hydrogen-bond donors (Lipinski definition) is 2. The van der Waals surface area contributed by atoms with Crippen molar-refractivity contribution in [2.24, 2.45) is 17.6 Å². The third kappa shape index (κ3) is 5.01. The van der Waals surface area contributed by atoms with Gasteiger partial charge in [-0.1, -0.05) is 32.0 Å². The van der Waals surface area contributed by atoms with Crippen LogP contribution in [0, 0.1) is 11.8 Å². The van der Waals surface area contributed by atoms with Gasteiger partial charge >= 0.3 is 0 Å². The fraction of sp³-hybridized carbons (Fsp3) is 0.533. The van der Waals surface area contributed by atoms with E-state index >= 15 is 0 Å². The number of benzene rings is 1. The predicted octanol–water partition coefficient (Wildman–Crippen LogP) is 2.39. The molecule has 1 rings (SSSR count). The number of hydrogen-bond acceptors (Lipinski definition) is 3. The Labute approximate surface area is 115 Å². The number of ether oxygens (including phenoxy) is 1. The average molecular weight is 264 g/mol. The summed E-state index contributed by atoms with van der Waals surface area (Å²) in [4.78, 5) is 12.2. The Morgan fingerprint density at radius 2 is 2.05 bits per heavy atom. The van der Waals surface area contributed by atoms with Crippen molar-refractivity contribution in [3.8, 4) is 0 Å². The average Bonchev–Trinajstić information content (AvgIpc) is 2.38. The number of carbonyl (C=O) groups excluding carboxylic acids is 1. The van der Waals surface area contributed by atoms with E-state index in [-0.39, 0.29) is 11.8 Å². The largest absolute Gasteiger partial charge is 0.380 e. The predicted molar refractivity (Wildman–Crippen MR) is 77.8 cm³/mol. The fourth-order valence-electron chi connectivity index (χ4n) is 2.04. The Kier molecular flexibility index (Phi) is 6.53. The molecule has 4 nitrogen and oxygen atoms in total. The second-order valence-corrected chi connectivity index (χ2v) is 5.14. The van der Waals surface area contributed by atoms with E-state index in [1.54, 1.807) is 7.11 Å². The summed E-state index contributed by atoms with van der Waals surface area (Å²) >= 11 is 0. The van der Waals surface area contributed by atoms with E-state index in [1.807, 2.05) is 24.3 Å². The molecule has 4 heteroatoms. The highest BCUT2D eigenvalue weighted by Crippen LogP contribution is 2.18. The minimum Gasteiger partial charge on any atom is -0.380 e. The summed E-state index contributed by atoms with van der Waals surface area (Å²) in [6.07, 6.45) is 0.800. The van der Waals surface area contributed by atoms with Crippen molar-refractivity contribution in [2.45, 2.75) is 26.9 Å². The van der Waals surface area contributed by atoms with Crippen LogP contribution in [0.1, 0.15) is 25.8 Å². The van der Waals surface area contributed by atoms with Crippen LogP contribution in [0.5, 0.6) is 0 Å². The summed E-state index contributed by atoms with van der Waals surface area (Å²) < 4.78 is 5.13. The maximum Gasteiger partial charge on any atom is 0.228 e. The van der Waals surface area contributed by atoms with Crippen LogP contribution >= 0.6 is 0 Å². The van der Waals surface area contributed by atoms with Crippen molar-refractivity contribution >= 4 is 11.6 Å². The zero-order valence-electron chi connectivity index (χ0n) is 12.0. The Morgan fingerprint density at radius 1 is 1.37 bits per heavy atom. The van der Waals surface area contributed by atoms with Gasteiger partial charge in [0, 0.05) is 24.9 Å². The first-order valence-corrected chi connectivity index (χ1v) is 6.66. The molecule has 0 saturated heterocycles. The Balaban J connectivity index is 2.75. The van der Waals surface area contributed by atoms with Crippen LogP contribution in [0.3, 0.4) is 0 Å². The summed E-state index contributed by atoms with van der Waals surface area (Å²) in [5.74, 6) is 0.295. The smallest absolute Gasteiger partial charge is 0.228 e. The van der Waals surface area contributed by atoms with Gasteiger partial charge in [0.1, 0.15) is 0 Å². The van der Waals surface area contributed by atoms with E-state index in [0.717, 1.165) is 17.7 Å². The van der Waals surface area contributed by atoms with E-state index in [9.17, 15) is 4.79 Å². The van der Waals surface area contributed by atoms with Gasteiger partial charge in [-0.2, -0.15) is 0 Å². The Hall–Kier alpha value is -1.39. The lowest BCUT2D eigenvalue weighted by Gasteiger charge is -2.18. The number of anilines is 1. The number of amides is 1. The highest BCUT2D eigenvalue weighted by Gasteiger charge is 2.19. The third-order valence-electron chi connectivity index (χ3n) is 2.99. The molecule has 1 aromatic rings. The highest BCUT2D eigenvalue weighted by atomic mass is 16.5. The van der Waals surface area contributed by atoms with Crippen LogP contribution in [-0.2, 0) is 16.1 Å². The van der Waals surface area contributed by atoms with Gasteiger partial charge in [-0.15, -0.1) is 0 Å². The number of carbonyl (C=O) groups is 1. The molecule has 1 atom stereocenters. The standard InChI is InChI=1S/C15H24N2O2/c1-11(2)8-13(9-16)15(18)17-14-7-5-4-6-12(14)10-19-3/h4-7,11,13H,8-10,16H2,1-3H3,(H,17,18). The summed E-state index contributed by atoms with van der Waals surface area (Å²) in [7, 11) is 1.64. The molecular formula is C15H24N2O2. The molecule has 0 radical (unpaired) electrons. The molecule has 0 spiro atoms. The van der Waals surface area contributed by atoms with Gasteiger partial charge in [0.2, 0.25) is 5.91 Å². The van der Waals surface area contributed by atoms with E-state index < -0.39 is 0 Å². The van der Waals surface area contributed by atoms with Crippen LogP contribution in [0.25, 0.3) is 0 Å². The normalized spacial score (nSPS) is 12.5. The van der Waals surface area contributed by atoms with Crippen LogP contribution in [0.15, 0.2) is 24.3 Å². The molecule has 0 aliphatic rings. The number of methoxy groups -OCH3 is 1. The maximum atomic E-state index is 12.2. The number of nitrogens with two attached hydrogens (primary N) is 1. The first kappa shape index (κ1) is 15.7. The quantitative estimate of drug-likeness (QED) is 0.794. The lowest BCUT2D eigenvalue weighted by Crippen LogP contribution is -2.30. The molecule has 1 amide bonds. The molecule has 0 aliphatic carbocycles. The number of nitrogens with one attached hydrogen (secondary N) is 1. The SMILES string of the molecule is COCc1ccccc1NC(=O)C(CN)CC(C)C. The molecule has 0 aromatic heterocycles. The van der Waals surface area contributed by atoms with Gasteiger partial charge in [-0.25, -0.2) is 0 Å². The molecule has 0 bridgehead atoms.